The van der Waals surface area contributed by atoms with E-state index >= 15 is 0 Å². The van der Waals surface area contributed by atoms with E-state index in [2.05, 4.69) is 5.32 Å². The van der Waals surface area contributed by atoms with E-state index in [0.717, 1.165) is 12.0 Å². The van der Waals surface area contributed by atoms with Crippen LogP contribution in [0.2, 0.25) is 0 Å². The summed E-state index contributed by atoms with van der Waals surface area (Å²) in [7, 11) is 0. The quantitative estimate of drug-likeness (QED) is 0.899. The standard InChI is InChI=1S/C19H28N2O3/c1-5-16(20-18(23)24-19(2,3)4)15-11-17(22)21(13-15)12-14-9-7-6-8-10-14/h6-10,15-16H,5,11-13H2,1-4H3,(H,20,23)/t15-,16+/m1/s1. The minimum Gasteiger partial charge on any atom is -0.444 e. The van der Waals surface area contributed by atoms with Crippen LogP contribution >= 0.6 is 0 Å². The van der Waals surface area contributed by atoms with Crippen LogP contribution in [-0.4, -0.2) is 35.1 Å². The summed E-state index contributed by atoms with van der Waals surface area (Å²) in [6.07, 6.45) is 0.834. The highest BCUT2D eigenvalue weighted by Crippen LogP contribution is 2.24. The van der Waals surface area contributed by atoms with E-state index in [9.17, 15) is 9.59 Å². The summed E-state index contributed by atoms with van der Waals surface area (Å²) < 4.78 is 5.33. The van der Waals surface area contributed by atoms with Crippen LogP contribution in [0, 0.1) is 5.92 Å². The summed E-state index contributed by atoms with van der Waals surface area (Å²) in [5, 5.41) is 2.93. The van der Waals surface area contributed by atoms with Gasteiger partial charge in [-0.25, -0.2) is 4.79 Å². The van der Waals surface area contributed by atoms with Gasteiger partial charge in [-0.3, -0.25) is 4.79 Å². The third kappa shape index (κ3) is 5.25. The molecule has 2 atom stereocenters. The van der Waals surface area contributed by atoms with Crippen LogP contribution in [0.4, 0.5) is 4.79 Å². The van der Waals surface area contributed by atoms with Crippen molar-refractivity contribution in [3.8, 4) is 0 Å². The SMILES string of the molecule is CC[C@H](NC(=O)OC(C)(C)C)[C@@H]1CC(=O)N(Cc2ccccc2)C1. The molecule has 0 unspecified atom stereocenters. The Bertz CT molecular complexity index is 566. The Labute approximate surface area is 144 Å². The lowest BCUT2D eigenvalue weighted by molar-refractivity contribution is -0.128. The molecule has 1 aromatic carbocycles. The normalized spacial score (nSPS) is 19.2. The van der Waals surface area contributed by atoms with Gasteiger partial charge in [0.1, 0.15) is 5.60 Å². The highest BCUT2D eigenvalue weighted by atomic mass is 16.6. The van der Waals surface area contributed by atoms with Gasteiger partial charge in [-0.05, 0) is 32.8 Å². The van der Waals surface area contributed by atoms with Gasteiger partial charge in [0.15, 0.2) is 0 Å². The van der Waals surface area contributed by atoms with E-state index in [1.807, 2.05) is 62.9 Å². The van der Waals surface area contributed by atoms with Gasteiger partial charge < -0.3 is 15.0 Å². The molecule has 24 heavy (non-hydrogen) atoms. The zero-order valence-corrected chi connectivity index (χ0v) is 15.0. The predicted molar refractivity (Wildman–Crippen MR) is 93.4 cm³/mol. The summed E-state index contributed by atoms with van der Waals surface area (Å²) in [6, 6.07) is 9.92. The molecule has 132 valence electrons. The first-order valence-electron chi connectivity index (χ1n) is 8.59. The average Bonchev–Trinajstić information content (AvgIpc) is 2.85. The molecule has 5 heteroatoms. The number of benzene rings is 1. The minimum atomic E-state index is -0.521. The molecule has 1 aliphatic heterocycles. The molecule has 1 saturated heterocycles. The number of likely N-dealkylation sites (tertiary alicyclic amines) is 1. The topological polar surface area (TPSA) is 58.6 Å². The van der Waals surface area contributed by atoms with Crippen LogP contribution in [0.15, 0.2) is 30.3 Å². The van der Waals surface area contributed by atoms with Gasteiger partial charge in [0.05, 0.1) is 0 Å². The molecule has 0 aliphatic carbocycles. The summed E-state index contributed by atoms with van der Waals surface area (Å²) in [6.45, 7) is 8.84. The minimum absolute atomic E-state index is 0.0513. The van der Waals surface area contributed by atoms with Crippen molar-refractivity contribution in [1.82, 2.24) is 10.2 Å². The lowest BCUT2D eigenvalue weighted by atomic mass is 9.97. The molecule has 1 aliphatic rings. The van der Waals surface area contributed by atoms with Gasteiger partial charge in [0, 0.05) is 31.5 Å². The van der Waals surface area contributed by atoms with Crippen molar-refractivity contribution in [1.29, 1.82) is 0 Å². The van der Waals surface area contributed by atoms with E-state index in [1.54, 1.807) is 0 Å². The van der Waals surface area contributed by atoms with E-state index < -0.39 is 11.7 Å². The number of carbonyl (C=O) groups excluding carboxylic acids is 2. The Morgan fingerprint density at radius 1 is 1.33 bits per heavy atom. The molecule has 0 aromatic heterocycles. The van der Waals surface area contributed by atoms with E-state index in [0.29, 0.717) is 19.5 Å². The van der Waals surface area contributed by atoms with Gasteiger partial charge in [-0.1, -0.05) is 37.3 Å². The highest BCUT2D eigenvalue weighted by Gasteiger charge is 2.35. The van der Waals surface area contributed by atoms with Crippen LogP contribution in [-0.2, 0) is 16.1 Å². The number of hydrogen-bond acceptors (Lipinski definition) is 3. The molecular weight excluding hydrogens is 304 g/mol. The first-order chi connectivity index (χ1) is 11.3. The van der Waals surface area contributed by atoms with E-state index in [1.165, 1.54) is 0 Å². The van der Waals surface area contributed by atoms with Gasteiger partial charge in [-0.2, -0.15) is 0 Å². The van der Waals surface area contributed by atoms with Crippen molar-refractivity contribution in [2.24, 2.45) is 5.92 Å². The first kappa shape index (κ1) is 18.3. The highest BCUT2D eigenvalue weighted by molar-refractivity contribution is 5.79. The third-order valence-electron chi connectivity index (χ3n) is 4.17. The van der Waals surface area contributed by atoms with Crippen molar-refractivity contribution < 1.29 is 14.3 Å². The fourth-order valence-corrected chi connectivity index (χ4v) is 3.04. The van der Waals surface area contributed by atoms with Crippen LogP contribution in [0.25, 0.3) is 0 Å². The molecule has 1 aromatic rings. The number of alkyl carbamates (subject to hydrolysis) is 1. The maximum atomic E-state index is 12.3. The lowest BCUT2D eigenvalue weighted by Gasteiger charge is -2.26. The molecule has 0 spiro atoms. The second kappa shape index (κ2) is 7.69. The Morgan fingerprint density at radius 2 is 2.00 bits per heavy atom. The molecule has 0 radical (unpaired) electrons. The molecule has 1 heterocycles. The average molecular weight is 332 g/mol. The zero-order chi connectivity index (χ0) is 17.7. The monoisotopic (exact) mass is 332 g/mol. The maximum absolute atomic E-state index is 12.3. The van der Waals surface area contributed by atoms with Crippen molar-refractivity contribution in [2.45, 2.75) is 58.7 Å². The fourth-order valence-electron chi connectivity index (χ4n) is 3.04. The van der Waals surface area contributed by atoms with Gasteiger partial charge in [0.25, 0.3) is 0 Å². The Kier molecular flexibility index (Phi) is 5.86. The number of amides is 2. The molecule has 2 rings (SSSR count). The van der Waals surface area contributed by atoms with Crippen molar-refractivity contribution in [2.75, 3.05) is 6.54 Å². The van der Waals surface area contributed by atoms with Crippen molar-refractivity contribution in [3.63, 3.8) is 0 Å². The van der Waals surface area contributed by atoms with Crippen LogP contribution in [0.3, 0.4) is 0 Å². The molecular formula is C19H28N2O3. The number of rotatable bonds is 5. The molecule has 1 fully saturated rings. The predicted octanol–water partition coefficient (Wildman–Crippen LogP) is 3.34. The van der Waals surface area contributed by atoms with Crippen molar-refractivity contribution >= 4 is 12.0 Å². The van der Waals surface area contributed by atoms with Crippen LogP contribution < -0.4 is 5.32 Å². The lowest BCUT2D eigenvalue weighted by Crippen LogP contribution is -2.43. The van der Waals surface area contributed by atoms with Crippen molar-refractivity contribution in [3.05, 3.63) is 35.9 Å². The smallest absolute Gasteiger partial charge is 0.407 e. The second-order valence-electron chi connectivity index (χ2n) is 7.39. The Morgan fingerprint density at radius 3 is 2.58 bits per heavy atom. The number of carbonyl (C=O) groups is 2. The number of nitrogens with one attached hydrogen (secondary N) is 1. The third-order valence-corrected chi connectivity index (χ3v) is 4.17. The molecule has 2 amide bonds. The first-order valence-corrected chi connectivity index (χ1v) is 8.59. The molecule has 1 N–H and O–H groups in total. The Hall–Kier alpha value is -2.04. The van der Waals surface area contributed by atoms with E-state index in [-0.39, 0.29) is 17.9 Å². The van der Waals surface area contributed by atoms with Crippen LogP contribution in [0.5, 0.6) is 0 Å². The fraction of sp³-hybridized carbons (Fsp3) is 0.579. The molecule has 5 nitrogen and oxygen atoms in total. The second-order valence-corrected chi connectivity index (χ2v) is 7.39. The van der Waals surface area contributed by atoms with Gasteiger partial charge in [-0.15, -0.1) is 0 Å². The number of ether oxygens (including phenoxy) is 1. The number of nitrogens with zero attached hydrogens (tertiary/aromatic N) is 1. The summed E-state index contributed by atoms with van der Waals surface area (Å²) in [5.41, 5.74) is 0.604. The van der Waals surface area contributed by atoms with Gasteiger partial charge >= 0.3 is 6.09 Å². The van der Waals surface area contributed by atoms with Crippen LogP contribution in [0.1, 0.15) is 46.1 Å². The van der Waals surface area contributed by atoms with E-state index in [4.69, 9.17) is 4.74 Å². The number of hydrogen-bond donors (Lipinski definition) is 1. The molecule has 0 bridgehead atoms. The summed E-state index contributed by atoms with van der Waals surface area (Å²) in [4.78, 5) is 26.2. The summed E-state index contributed by atoms with van der Waals surface area (Å²) in [5.74, 6) is 0.270. The summed E-state index contributed by atoms with van der Waals surface area (Å²) >= 11 is 0. The largest absolute Gasteiger partial charge is 0.444 e. The zero-order valence-electron chi connectivity index (χ0n) is 15.0. The maximum Gasteiger partial charge on any atom is 0.407 e. The molecule has 0 saturated carbocycles. The Balaban J connectivity index is 1.93. The van der Waals surface area contributed by atoms with Gasteiger partial charge in [0.2, 0.25) is 5.91 Å².